The Morgan fingerprint density at radius 3 is 2.27 bits per heavy atom. The zero-order valence-electron chi connectivity index (χ0n) is 14.1. The largest absolute Gasteiger partial charge is 0.348 e. The molecule has 1 rings (SSSR count). The third-order valence-electron chi connectivity index (χ3n) is 3.46. The van der Waals surface area contributed by atoms with E-state index in [0.29, 0.717) is 24.5 Å². The van der Waals surface area contributed by atoms with Crippen molar-refractivity contribution in [1.82, 2.24) is 15.2 Å². The van der Waals surface area contributed by atoms with E-state index in [0.717, 1.165) is 19.3 Å². The summed E-state index contributed by atoms with van der Waals surface area (Å²) in [6.45, 7) is 9.44. The second-order valence-electron chi connectivity index (χ2n) is 5.48. The van der Waals surface area contributed by atoms with Crippen LogP contribution < -0.4 is 5.32 Å². The van der Waals surface area contributed by atoms with Gasteiger partial charge in [-0.3, -0.25) is 9.59 Å². The van der Waals surface area contributed by atoms with Gasteiger partial charge in [0.25, 0.3) is 11.8 Å². The highest BCUT2D eigenvalue weighted by Gasteiger charge is 2.18. The summed E-state index contributed by atoms with van der Waals surface area (Å²) in [6.07, 6.45) is 2.66. The lowest BCUT2D eigenvalue weighted by molar-refractivity contribution is 0.0749. The van der Waals surface area contributed by atoms with E-state index in [2.05, 4.69) is 10.3 Å². The van der Waals surface area contributed by atoms with Crippen LogP contribution in [0.4, 0.5) is 0 Å². The van der Waals surface area contributed by atoms with Gasteiger partial charge in [-0.1, -0.05) is 26.8 Å². The minimum Gasteiger partial charge on any atom is -0.348 e. The SMILES string of the molecule is CCCN(CCC)C(=O)c1cccc(C(=O)NC(C)CC)n1. The molecule has 1 unspecified atom stereocenters. The number of carbonyl (C=O) groups excluding carboxylic acids is 2. The Hall–Kier alpha value is -1.91. The Bertz CT molecular complexity index is 496. The molecule has 5 nitrogen and oxygen atoms in total. The van der Waals surface area contributed by atoms with Gasteiger partial charge < -0.3 is 10.2 Å². The molecule has 1 N–H and O–H groups in total. The van der Waals surface area contributed by atoms with Crippen LogP contribution >= 0.6 is 0 Å². The minimum atomic E-state index is -0.235. The summed E-state index contributed by atoms with van der Waals surface area (Å²) < 4.78 is 0. The average molecular weight is 305 g/mol. The van der Waals surface area contributed by atoms with Gasteiger partial charge in [0.2, 0.25) is 0 Å². The van der Waals surface area contributed by atoms with Crippen LogP contribution in [0, 0.1) is 0 Å². The zero-order chi connectivity index (χ0) is 16.5. The Labute approximate surface area is 133 Å². The fraction of sp³-hybridized carbons (Fsp3) is 0.588. The average Bonchev–Trinajstić information content (AvgIpc) is 2.53. The number of rotatable bonds is 8. The molecule has 122 valence electrons. The van der Waals surface area contributed by atoms with Crippen LogP contribution in [-0.4, -0.2) is 40.8 Å². The van der Waals surface area contributed by atoms with Gasteiger partial charge in [0.05, 0.1) is 0 Å². The molecule has 1 atom stereocenters. The van der Waals surface area contributed by atoms with E-state index in [9.17, 15) is 9.59 Å². The summed E-state index contributed by atoms with van der Waals surface area (Å²) in [5, 5.41) is 2.87. The van der Waals surface area contributed by atoms with Crippen LogP contribution in [0.3, 0.4) is 0 Å². The normalized spacial score (nSPS) is 11.8. The van der Waals surface area contributed by atoms with E-state index >= 15 is 0 Å². The molecule has 22 heavy (non-hydrogen) atoms. The number of pyridine rings is 1. The summed E-state index contributed by atoms with van der Waals surface area (Å²) in [5.74, 6) is -0.344. The molecule has 0 aliphatic heterocycles. The van der Waals surface area contributed by atoms with Gasteiger partial charge in [0.15, 0.2) is 0 Å². The summed E-state index contributed by atoms with van der Waals surface area (Å²) in [6, 6.07) is 5.10. The molecule has 0 fully saturated rings. The molecule has 0 saturated heterocycles. The maximum Gasteiger partial charge on any atom is 0.272 e. The monoisotopic (exact) mass is 305 g/mol. The van der Waals surface area contributed by atoms with Crippen molar-refractivity contribution in [2.24, 2.45) is 0 Å². The van der Waals surface area contributed by atoms with Gasteiger partial charge in [0.1, 0.15) is 11.4 Å². The summed E-state index contributed by atoms with van der Waals surface area (Å²) in [4.78, 5) is 30.7. The van der Waals surface area contributed by atoms with Gasteiger partial charge in [-0.25, -0.2) is 4.98 Å². The maximum atomic E-state index is 12.5. The zero-order valence-corrected chi connectivity index (χ0v) is 14.1. The van der Waals surface area contributed by atoms with Crippen molar-refractivity contribution >= 4 is 11.8 Å². The third kappa shape index (κ3) is 5.13. The number of nitrogens with zero attached hydrogens (tertiary/aromatic N) is 2. The lowest BCUT2D eigenvalue weighted by Crippen LogP contribution is -2.35. The smallest absolute Gasteiger partial charge is 0.272 e. The Morgan fingerprint density at radius 1 is 1.14 bits per heavy atom. The first-order valence-electron chi connectivity index (χ1n) is 8.10. The molecule has 0 saturated carbocycles. The fourth-order valence-corrected chi connectivity index (χ4v) is 2.10. The molecule has 0 bridgehead atoms. The van der Waals surface area contributed by atoms with Crippen LogP contribution in [-0.2, 0) is 0 Å². The topological polar surface area (TPSA) is 62.3 Å². The third-order valence-corrected chi connectivity index (χ3v) is 3.46. The molecule has 2 amide bonds. The lowest BCUT2D eigenvalue weighted by Gasteiger charge is -2.21. The van der Waals surface area contributed by atoms with E-state index in [1.54, 1.807) is 23.1 Å². The molecule has 1 aromatic heterocycles. The Morgan fingerprint density at radius 2 is 1.73 bits per heavy atom. The van der Waals surface area contributed by atoms with Crippen molar-refractivity contribution in [2.75, 3.05) is 13.1 Å². The Kier molecular flexibility index (Phi) is 7.57. The van der Waals surface area contributed by atoms with Crippen LogP contribution in [0.2, 0.25) is 0 Å². The summed E-state index contributed by atoms with van der Waals surface area (Å²) in [7, 11) is 0. The van der Waals surface area contributed by atoms with Gasteiger partial charge in [-0.2, -0.15) is 0 Å². The van der Waals surface area contributed by atoms with Gasteiger partial charge in [-0.15, -0.1) is 0 Å². The molecule has 0 spiro atoms. The fourth-order valence-electron chi connectivity index (χ4n) is 2.10. The number of aromatic nitrogens is 1. The highest BCUT2D eigenvalue weighted by molar-refractivity contribution is 5.96. The van der Waals surface area contributed by atoms with Crippen molar-refractivity contribution < 1.29 is 9.59 Å². The van der Waals surface area contributed by atoms with Crippen molar-refractivity contribution in [2.45, 2.75) is 53.0 Å². The van der Waals surface area contributed by atoms with Gasteiger partial charge >= 0.3 is 0 Å². The van der Waals surface area contributed by atoms with E-state index < -0.39 is 0 Å². The van der Waals surface area contributed by atoms with Crippen LogP contribution in [0.1, 0.15) is 67.9 Å². The molecule has 0 aliphatic carbocycles. The van der Waals surface area contributed by atoms with Crippen molar-refractivity contribution in [1.29, 1.82) is 0 Å². The highest BCUT2D eigenvalue weighted by atomic mass is 16.2. The number of hydrogen-bond donors (Lipinski definition) is 1. The first kappa shape index (κ1) is 18.1. The molecule has 1 aromatic rings. The predicted octanol–water partition coefficient (Wildman–Crippen LogP) is 2.87. The first-order valence-corrected chi connectivity index (χ1v) is 8.10. The number of amides is 2. The van der Waals surface area contributed by atoms with Crippen molar-refractivity contribution in [3.05, 3.63) is 29.6 Å². The lowest BCUT2D eigenvalue weighted by atomic mass is 10.2. The van der Waals surface area contributed by atoms with Crippen LogP contribution in [0.25, 0.3) is 0 Å². The molecule has 0 aliphatic rings. The second kappa shape index (κ2) is 9.18. The molecule has 1 heterocycles. The Balaban J connectivity index is 2.90. The van der Waals surface area contributed by atoms with Crippen LogP contribution in [0.5, 0.6) is 0 Å². The number of carbonyl (C=O) groups is 2. The van der Waals surface area contributed by atoms with E-state index in [4.69, 9.17) is 0 Å². The number of hydrogen-bond acceptors (Lipinski definition) is 3. The van der Waals surface area contributed by atoms with Gasteiger partial charge in [-0.05, 0) is 38.3 Å². The van der Waals surface area contributed by atoms with Crippen molar-refractivity contribution in [3.63, 3.8) is 0 Å². The second-order valence-corrected chi connectivity index (χ2v) is 5.48. The molecular formula is C17H27N3O2. The number of nitrogens with one attached hydrogen (secondary N) is 1. The van der Waals surface area contributed by atoms with Crippen molar-refractivity contribution in [3.8, 4) is 0 Å². The standard InChI is InChI=1S/C17H27N3O2/c1-5-11-20(12-6-2)17(22)15-10-8-9-14(19-15)16(21)18-13(4)7-3/h8-10,13H,5-7,11-12H2,1-4H3,(H,18,21). The highest BCUT2D eigenvalue weighted by Crippen LogP contribution is 2.06. The minimum absolute atomic E-state index is 0.0883. The summed E-state index contributed by atoms with van der Waals surface area (Å²) in [5.41, 5.74) is 0.623. The molecule has 5 heteroatoms. The molecule has 0 aromatic carbocycles. The summed E-state index contributed by atoms with van der Waals surface area (Å²) >= 11 is 0. The maximum absolute atomic E-state index is 12.5. The molecular weight excluding hydrogens is 278 g/mol. The predicted molar refractivity (Wildman–Crippen MR) is 87.9 cm³/mol. The van der Waals surface area contributed by atoms with E-state index in [-0.39, 0.29) is 17.9 Å². The quantitative estimate of drug-likeness (QED) is 0.803. The van der Waals surface area contributed by atoms with E-state index in [1.807, 2.05) is 27.7 Å². The van der Waals surface area contributed by atoms with Crippen LogP contribution in [0.15, 0.2) is 18.2 Å². The first-order chi connectivity index (χ1) is 10.5. The van der Waals surface area contributed by atoms with E-state index in [1.165, 1.54) is 0 Å². The van der Waals surface area contributed by atoms with Gasteiger partial charge in [0, 0.05) is 19.1 Å². The molecule has 0 radical (unpaired) electrons.